The van der Waals surface area contributed by atoms with Gasteiger partial charge in [-0.2, -0.15) is 0 Å². The van der Waals surface area contributed by atoms with Gasteiger partial charge in [-0.3, -0.25) is 0 Å². The van der Waals surface area contributed by atoms with Crippen LogP contribution in [0.5, 0.6) is 0 Å². The molecule has 2 nitrogen and oxygen atoms in total. The van der Waals surface area contributed by atoms with Crippen molar-refractivity contribution in [3.05, 3.63) is 217 Å². The molecule has 0 bridgehead atoms. The Morgan fingerprint density at radius 2 is 0.831 bits per heavy atom. The highest BCUT2D eigenvalue weighted by atomic mass is 14.9. The molecule has 0 atom stereocenters. The molecule has 1 aromatic heterocycles. The predicted octanol–water partition coefficient (Wildman–Crippen LogP) is 15.1. The molecule has 1 aliphatic carbocycles. The molecule has 0 radical (unpaired) electrons. The monoisotopic (exact) mass is 752 g/mol. The van der Waals surface area contributed by atoms with E-state index in [1.165, 1.54) is 66.2 Å². The third kappa shape index (κ3) is 5.96. The summed E-state index contributed by atoms with van der Waals surface area (Å²) in [4.78, 5) is 10.6. The van der Waals surface area contributed by atoms with E-state index in [0.29, 0.717) is 5.82 Å². The van der Waals surface area contributed by atoms with E-state index in [-0.39, 0.29) is 5.41 Å². The summed E-state index contributed by atoms with van der Waals surface area (Å²) < 4.78 is 0. The minimum absolute atomic E-state index is 0.118. The first-order valence-corrected chi connectivity index (χ1v) is 20.4. The fourth-order valence-corrected chi connectivity index (χ4v) is 9.24. The molecule has 0 unspecified atom stereocenters. The molecule has 0 spiro atoms. The molecule has 11 rings (SSSR count). The number of benzene rings is 9. The zero-order valence-corrected chi connectivity index (χ0v) is 33.0. The smallest absolute Gasteiger partial charge is 0.161 e. The van der Waals surface area contributed by atoms with Gasteiger partial charge in [0.1, 0.15) is 0 Å². The van der Waals surface area contributed by atoms with Crippen molar-refractivity contribution in [2.75, 3.05) is 0 Å². The Kier molecular flexibility index (Phi) is 8.20. The van der Waals surface area contributed by atoms with E-state index >= 15 is 0 Å². The van der Waals surface area contributed by atoms with Gasteiger partial charge in [-0.1, -0.05) is 196 Å². The molecule has 9 aromatic carbocycles. The third-order valence-corrected chi connectivity index (χ3v) is 12.3. The van der Waals surface area contributed by atoms with Crippen LogP contribution in [0.25, 0.3) is 100.0 Å². The van der Waals surface area contributed by atoms with Crippen LogP contribution in [0, 0.1) is 0 Å². The van der Waals surface area contributed by atoms with Crippen molar-refractivity contribution in [1.29, 1.82) is 0 Å². The maximum absolute atomic E-state index is 5.31. The van der Waals surface area contributed by atoms with E-state index in [1.54, 1.807) is 0 Å². The minimum Gasteiger partial charge on any atom is -0.228 e. The Balaban J connectivity index is 1.00. The Hall–Kier alpha value is -7.42. The molecule has 1 aliphatic rings. The van der Waals surface area contributed by atoms with E-state index in [4.69, 9.17) is 9.97 Å². The number of hydrogen-bond donors (Lipinski definition) is 0. The van der Waals surface area contributed by atoms with Crippen LogP contribution in [0.2, 0.25) is 0 Å². The lowest BCUT2D eigenvalue weighted by Crippen LogP contribution is -2.15. The number of fused-ring (bicyclic) bond motifs is 6. The fourth-order valence-electron chi connectivity index (χ4n) is 9.24. The maximum atomic E-state index is 5.31. The lowest BCUT2D eigenvalue weighted by Gasteiger charge is -2.22. The number of aromatic nitrogens is 2. The van der Waals surface area contributed by atoms with Crippen LogP contribution < -0.4 is 0 Å². The molecule has 0 saturated carbocycles. The van der Waals surface area contributed by atoms with Crippen LogP contribution in [-0.2, 0) is 5.41 Å². The normalized spacial score (nSPS) is 12.7. The minimum atomic E-state index is -0.118. The van der Waals surface area contributed by atoms with E-state index in [1.807, 2.05) is 6.07 Å². The number of hydrogen-bond acceptors (Lipinski definition) is 2. The van der Waals surface area contributed by atoms with Gasteiger partial charge in [0, 0.05) is 22.1 Å². The highest BCUT2D eigenvalue weighted by Gasteiger charge is 2.36. The van der Waals surface area contributed by atoms with Crippen molar-refractivity contribution in [3.8, 4) is 78.4 Å². The standard InChI is InChI=1S/C57H40N2/c1-57(2)51-33-29-39-16-9-10-21-46(39)55(51)50-30-28-44(35-52(50)57)45-31-32-49(48-23-12-11-22-47(45)48)56-58-53(40-17-7-4-8-18-40)36-54(59-56)41-26-24-38(25-27-41)43-20-13-19-42(34-43)37-14-5-3-6-15-37/h3-36H,1-2H3. The molecule has 0 aliphatic heterocycles. The van der Waals surface area contributed by atoms with E-state index in [2.05, 4.69) is 214 Å². The average Bonchev–Trinajstić information content (AvgIpc) is 3.54. The quantitative estimate of drug-likeness (QED) is 0.169. The van der Waals surface area contributed by atoms with Gasteiger partial charge in [-0.15, -0.1) is 0 Å². The molecule has 0 amide bonds. The largest absolute Gasteiger partial charge is 0.228 e. The molecule has 1 heterocycles. The molecular weight excluding hydrogens is 713 g/mol. The third-order valence-electron chi connectivity index (χ3n) is 12.3. The average molecular weight is 753 g/mol. The summed E-state index contributed by atoms with van der Waals surface area (Å²) in [5.41, 5.74) is 17.4. The second kappa shape index (κ2) is 13.9. The van der Waals surface area contributed by atoms with Crippen molar-refractivity contribution in [3.63, 3.8) is 0 Å². The lowest BCUT2D eigenvalue weighted by atomic mass is 9.81. The highest BCUT2D eigenvalue weighted by Crippen LogP contribution is 2.52. The number of rotatable bonds is 6. The summed E-state index contributed by atoms with van der Waals surface area (Å²) in [6.45, 7) is 4.73. The first-order chi connectivity index (χ1) is 29.0. The van der Waals surface area contributed by atoms with Crippen molar-refractivity contribution in [2.45, 2.75) is 19.3 Å². The van der Waals surface area contributed by atoms with Crippen LogP contribution >= 0.6 is 0 Å². The summed E-state index contributed by atoms with van der Waals surface area (Å²) in [6, 6.07) is 74.2. The zero-order chi connectivity index (χ0) is 39.5. The van der Waals surface area contributed by atoms with E-state index < -0.39 is 0 Å². The van der Waals surface area contributed by atoms with Gasteiger partial charge < -0.3 is 0 Å². The molecule has 59 heavy (non-hydrogen) atoms. The van der Waals surface area contributed by atoms with Crippen LogP contribution in [0.1, 0.15) is 25.0 Å². The summed E-state index contributed by atoms with van der Waals surface area (Å²) in [5.74, 6) is 0.709. The maximum Gasteiger partial charge on any atom is 0.161 e. The molecule has 10 aromatic rings. The summed E-state index contributed by atoms with van der Waals surface area (Å²) in [7, 11) is 0. The van der Waals surface area contributed by atoms with E-state index in [9.17, 15) is 0 Å². The highest BCUT2D eigenvalue weighted by molar-refractivity contribution is 6.06. The fraction of sp³-hybridized carbons (Fsp3) is 0.0526. The van der Waals surface area contributed by atoms with Crippen molar-refractivity contribution >= 4 is 21.5 Å². The molecule has 0 fully saturated rings. The molecule has 2 heteroatoms. The van der Waals surface area contributed by atoms with Gasteiger partial charge in [0.25, 0.3) is 0 Å². The van der Waals surface area contributed by atoms with Gasteiger partial charge in [0.15, 0.2) is 5.82 Å². The topological polar surface area (TPSA) is 25.8 Å². The Bertz CT molecular complexity index is 3220. The van der Waals surface area contributed by atoms with Gasteiger partial charge in [-0.05, 0) is 101 Å². The summed E-state index contributed by atoms with van der Waals surface area (Å²) in [6.07, 6.45) is 0. The second-order valence-electron chi connectivity index (χ2n) is 16.2. The zero-order valence-electron chi connectivity index (χ0n) is 33.0. The van der Waals surface area contributed by atoms with Crippen molar-refractivity contribution < 1.29 is 0 Å². The number of nitrogens with zero attached hydrogens (tertiary/aromatic N) is 2. The Labute approximate surface area is 345 Å². The Morgan fingerprint density at radius 3 is 1.54 bits per heavy atom. The van der Waals surface area contributed by atoms with Gasteiger partial charge in [-0.25, -0.2) is 9.97 Å². The molecule has 0 N–H and O–H groups in total. The lowest BCUT2D eigenvalue weighted by molar-refractivity contribution is 0.661. The second-order valence-corrected chi connectivity index (χ2v) is 16.2. The first kappa shape index (κ1) is 34.8. The van der Waals surface area contributed by atoms with E-state index in [0.717, 1.165) is 39.0 Å². The predicted molar refractivity (Wildman–Crippen MR) is 247 cm³/mol. The summed E-state index contributed by atoms with van der Waals surface area (Å²) >= 11 is 0. The SMILES string of the molecule is CC1(C)c2cc(-c3ccc(-c4nc(-c5ccccc5)cc(-c5ccc(-c6cccc(-c7ccccc7)c6)cc5)n4)c4ccccc34)ccc2-c2c1ccc1ccccc21. The van der Waals surface area contributed by atoms with Crippen LogP contribution in [0.15, 0.2) is 206 Å². The summed E-state index contributed by atoms with van der Waals surface area (Å²) in [5, 5.41) is 4.91. The van der Waals surface area contributed by atoms with Crippen LogP contribution in [0.4, 0.5) is 0 Å². The van der Waals surface area contributed by atoms with Gasteiger partial charge in [0.2, 0.25) is 0 Å². The molecule has 278 valence electrons. The molecular formula is C57H40N2. The molecule has 0 saturated heterocycles. The van der Waals surface area contributed by atoms with Crippen LogP contribution in [0.3, 0.4) is 0 Å². The van der Waals surface area contributed by atoms with Crippen LogP contribution in [-0.4, -0.2) is 9.97 Å². The first-order valence-electron chi connectivity index (χ1n) is 20.4. The Morgan fingerprint density at radius 1 is 0.322 bits per heavy atom. The van der Waals surface area contributed by atoms with Crippen molar-refractivity contribution in [1.82, 2.24) is 9.97 Å². The van der Waals surface area contributed by atoms with Crippen molar-refractivity contribution in [2.24, 2.45) is 0 Å². The van der Waals surface area contributed by atoms with Gasteiger partial charge >= 0.3 is 0 Å². The van der Waals surface area contributed by atoms with Gasteiger partial charge in [0.05, 0.1) is 11.4 Å².